The molecule has 4 saturated carbocycles. The van der Waals surface area contributed by atoms with Crippen LogP contribution < -0.4 is 0 Å². The van der Waals surface area contributed by atoms with Crippen LogP contribution >= 0.6 is 0 Å². The maximum Gasteiger partial charge on any atom is 0.192 e. The number of oxime groups is 1. The van der Waals surface area contributed by atoms with Crippen LogP contribution in [0.15, 0.2) is 5.16 Å². The van der Waals surface area contributed by atoms with Gasteiger partial charge in [-0.15, -0.1) is 0 Å². The molecule has 4 aliphatic rings. The summed E-state index contributed by atoms with van der Waals surface area (Å²) in [5.41, 5.74) is 1.84. The summed E-state index contributed by atoms with van der Waals surface area (Å²) in [6.07, 6.45) is 12.5. The third kappa shape index (κ3) is 3.76. The molecule has 4 heteroatoms. The minimum absolute atomic E-state index is 0.300. The van der Waals surface area contributed by atoms with Gasteiger partial charge in [0, 0.05) is 12.0 Å². The van der Waals surface area contributed by atoms with E-state index in [0.717, 1.165) is 29.4 Å². The molecule has 4 fully saturated rings. The highest BCUT2D eigenvalue weighted by atomic mass is 28.4. The second-order valence-electron chi connectivity index (χ2n) is 13.8. The summed E-state index contributed by atoms with van der Waals surface area (Å²) in [7, 11) is -1.69. The first kappa shape index (κ1) is 23.8. The molecule has 3 nitrogen and oxygen atoms in total. The van der Waals surface area contributed by atoms with Gasteiger partial charge in [0.1, 0.15) is 0 Å². The van der Waals surface area contributed by atoms with E-state index >= 15 is 0 Å². The van der Waals surface area contributed by atoms with Crippen LogP contribution in [0.4, 0.5) is 0 Å². The maximum atomic E-state index is 9.46. The molecule has 0 amide bonds. The molecule has 0 aromatic heterocycles. The van der Waals surface area contributed by atoms with Gasteiger partial charge in [0.25, 0.3) is 0 Å². The largest absolute Gasteiger partial charge is 0.414 e. The Hall–Kier alpha value is -0.353. The Labute approximate surface area is 192 Å². The SMILES string of the molecule is C/C(=N\O)[C@H]1CC[C@H]2[C@@H]3CCC4C[C@H](O[Si](C)(C)C(C)(C)C)CC[C@]4(C)[C@H]3CC[C@]12C. The molecule has 8 atom stereocenters. The van der Waals surface area contributed by atoms with Crippen molar-refractivity contribution in [3.63, 3.8) is 0 Å². The lowest BCUT2D eigenvalue weighted by Crippen LogP contribution is -2.55. The maximum absolute atomic E-state index is 9.46. The number of rotatable bonds is 3. The van der Waals surface area contributed by atoms with E-state index in [0.29, 0.717) is 27.9 Å². The normalized spacial score (nSPS) is 46.3. The lowest BCUT2D eigenvalue weighted by molar-refractivity contribution is -0.122. The van der Waals surface area contributed by atoms with Crippen molar-refractivity contribution in [1.82, 2.24) is 0 Å². The zero-order valence-electron chi connectivity index (χ0n) is 21.6. The van der Waals surface area contributed by atoms with Gasteiger partial charge in [0.15, 0.2) is 8.32 Å². The predicted octanol–water partition coefficient (Wildman–Crippen LogP) is 7.89. The highest BCUT2D eigenvalue weighted by Gasteiger charge is 2.60. The van der Waals surface area contributed by atoms with Crippen molar-refractivity contribution < 1.29 is 9.63 Å². The highest BCUT2D eigenvalue weighted by molar-refractivity contribution is 6.74. The van der Waals surface area contributed by atoms with Crippen molar-refractivity contribution in [2.45, 2.75) is 124 Å². The average molecular weight is 448 g/mol. The highest BCUT2D eigenvalue weighted by Crippen LogP contribution is 2.67. The molecule has 0 saturated heterocycles. The standard InChI is InChI=1S/C27H49NO2Si/c1-18(28-29)22-11-12-23-21-10-9-19-17-20(30-31(7,8)25(2,3)4)13-15-26(19,5)24(21)14-16-27(22,23)6/h19-24,29H,9-17H2,1-8H3/b28-18+/t19?,20-,21+,22-,23+,24+,26+,27-/m1/s1. The van der Waals surface area contributed by atoms with Gasteiger partial charge in [0.2, 0.25) is 0 Å². The van der Waals surface area contributed by atoms with Crippen molar-refractivity contribution in [1.29, 1.82) is 0 Å². The molecule has 0 spiro atoms. The number of hydrogen-bond acceptors (Lipinski definition) is 3. The molecule has 0 radical (unpaired) electrons. The van der Waals surface area contributed by atoms with Gasteiger partial charge in [0.05, 0.1) is 5.71 Å². The molecule has 0 heterocycles. The van der Waals surface area contributed by atoms with Gasteiger partial charge < -0.3 is 9.63 Å². The lowest BCUT2D eigenvalue weighted by atomic mass is 9.44. The number of fused-ring (bicyclic) bond motifs is 5. The first-order valence-electron chi connectivity index (χ1n) is 13.2. The Bertz CT molecular complexity index is 713. The number of hydrogen-bond donors (Lipinski definition) is 1. The minimum atomic E-state index is -1.69. The molecule has 0 aliphatic heterocycles. The zero-order chi connectivity index (χ0) is 22.8. The van der Waals surface area contributed by atoms with Gasteiger partial charge in [-0.1, -0.05) is 39.8 Å². The van der Waals surface area contributed by atoms with Crippen LogP contribution in [0.5, 0.6) is 0 Å². The fourth-order valence-electron chi connectivity index (χ4n) is 8.68. The molecule has 4 rings (SSSR count). The molecule has 1 N–H and O–H groups in total. The fraction of sp³-hybridized carbons (Fsp3) is 0.963. The predicted molar refractivity (Wildman–Crippen MR) is 132 cm³/mol. The molecule has 0 bridgehead atoms. The van der Waals surface area contributed by atoms with Crippen LogP contribution in [-0.2, 0) is 4.43 Å². The molecule has 0 aromatic carbocycles. The summed E-state index contributed by atoms with van der Waals surface area (Å²) in [5.74, 6) is 3.94. The molecule has 4 aliphatic carbocycles. The lowest BCUT2D eigenvalue weighted by Gasteiger charge is -2.61. The summed E-state index contributed by atoms with van der Waals surface area (Å²) in [6.45, 7) is 19.2. The van der Waals surface area contributed by atoms with Crippen LogP contribution in [0.2, 0.25) is 18.1 Å². The van der Waals surface area contributed by atoms with E-state index < -0.39 is 8.32 Å². The summed E-state index contributed by atoms with van der Waals surface area (Å²) in [4.78, 5) is 0. The Morgan fingerprint density at radius 1 is 0.935 bits per heavy atom. The summed E-state index contributed by atoms with van der Waals surface area (Å²) in [6, 6.07) is 0. The van der Waals surface area contributed by atoms with E-state index in [1.165, 1.54) is 57.8 Å². The molecule has 0 aromatic rings. The minimum Gasteiger partial charge on any atom is -0.414 e. The first-order valence-corrected chi connectivity index (χ1v) is 16.1. The molecule has 178 valence electrons. The van der Waals surface area contributed by atoms with E-state index in [4.69, 9.17) is 4.43 Å². The van der Waals surface area contributed by atoms with E-state index in [1.807, 2.05) is 6.92 Å². The van der Waals surface area contributed by atoms with Crippen molar-refractivity contribution in [2.75, 3.05) is 0 Å². The van der Waals surface area contributed by atoms with Gasteiger partial charge in [-0.3, -0.25) is 0 Å². The fourth-order valence-corrected chi connectivity index (χ4v) is 10.1. The van der Waals surface area contributed by atoms with Crippen LogP contribution in [0.25, 0.3) is 0 Å². The molecular weight excluding hydrogens is 398 g/mol. The van der Waals surface area contributed by atoms with Crippen LogP contribution in [0.1, 0.15) is 99.3 Å². The molecular formula is C27H49NO2Si. The van der Waals surface area contributed by atoms with Gasteiger partial charge in [-0.2, -0.15) is 0 Å². The smallest absolute Gasteiger partial charge is 0.192 e. The number of nitrogens with zero attached hydrogens (tertiary/aromatic N) is 1. The molecule has 1 unspecified atom stereocenters. The van der Waals surface area contributed by atoms with Gasteiger partial charge >= 0.3 is 0 Å². The van der Waals surface area contributed by atoms with Crippen LogP contribution in [0, 0.1) is 40.4 Å². The third-order valence-electron chi connectivity index (χ3n) is 11.5. The van der Waals surface area contributed by atoms with E-state index in [9.17, 15) is 5.21 Å². The van der Waals surface area contributed by atoms with Crippen LogP contribution in [-0.4, -0.2) is 25.3 Å². The monoisotopic (exact) mass is 447 g/mol. The topological polar surface area (TPSA) is 41.8 Å². The second kappa shape index (κ2) is 7.86. The summed E-state index contributed by atoms with van der Waals surface area (Å²) in [5, 5.41) is 13.4. The Kier molecular flexibility index (Phi) is 6.03. The van der Waals surface area contributed by atoms with Crippen LogP contribution in [0.3, 0.4) is 0 Å². The van der Waals surface area contributed by atoms with Gasteiger partial charge in [-0.05, 0) is 117 Å². The Morgan fingerprint density at radius 3 is 2.23 bits per heavy atom. The first-order chi connectivity index (χ1) is 14.3. The van der Waals surface area contributed by atoms with Crippen molar-refractivity contribution in [3.05, 3.63) is 0 Å². The van der Waals surface area contributed by atoms with Crippen molar-refractivity contribution in [2.24, 2.45) is 45.6 Å². The quantitative estimate of drug-likeness (QED) is 0.207. The Morgan fingerprint density at radius 2 is 1.58 bits per heavy atom. The Balaban J connectivity index is 1.49. The van der Waals surface area contributed by atoms with E-state index in [-0.39, 0.29) is 0 Å². The van der Waals surface area contributed by atoms with E-state index in [2.05, 4.69) is 52.9 Å². The van der Waals surface area contributed by atoms with Gasteiger partial charge in [-0.25, -0.2) is 0 Å². The summed E-state index contributed by atoms with van der Waals surface area (Å²) < 4.78 is 6.91. The third-order valence-corrected chi connectivity index (χ3v) is 16.1. The molecule has 31 heavy (non-hydrogen) atoms. The van der Waals surface area contributed by atoms with E-state index in [1.54, 1.807) is 0 Å². The zero-order valence-corrected chi connectivity index (χ0v) is 22.6. The second-order valence-corrected chi connectivity index (χ2v) is 18.6. The average Bonchev–Trinajstić information content (AvgIpc) is 3.04. The van der Waals surface area contributed by atoms with Crippen molar-refractivity contribution >= 4 is 14.0 Å². The summed E-state index contributed by atoms with van der Waals surface area (Å²) >= 11 is 0. The van der Waals surface area contributed by atoms with Crippen molar-refractivity contribution in [3.8, 4) is 0 Å².